The van der Waals surface area contributed by atoms with Gasteiger partial charge in [0.25, 0.3) is 0 Å². The standard InChI is InChI=1S/C13H16BrNO/c14-12-3-1-2-10(13(12)16)8-15-7-9-4-5-11(15)6-9/h1-3,9,11,16H,4-8H2. The molecule has 1 aromatic carbocycles. The van der Waals surface area contributed by atoms with Crippen molar-refractivity contribution >= 4 is 15.9 Å². The highest BCUT2D eigenvalue weighted by atomic mass is 79.9. The molecule has 3 heteroatoms. The molecule has 2 nitrogen and oxygen atoms in total. The van der Waals surface area contributed by atoms with Gasteiger partial charge in [-0.3, -0.25) is 4.90 Å². The van der Waals surface area contributed by atoms with E-state index in [0.717, 1.165) is 28.5 Å². The van der Waals surface area contributed by atoms with Crippen molar-refractivity contribution in [3.8, 4) is 5.75 Å². The average Bonchev–Trinajstić information content (AvgIpc) is 2.86. The largest absolute Gasteiger partial charge is 0.506 e. The Bertz CT molecular complexity index is 407. The summed E-state index contributed by atoms with van der Waals surface area (Å²) < 4.78 is 0.800. The Kier molecular flexibility index (Phi) is 2.68. The van der Waals surface area contributed by atoms with Gasteiger partial charge >= 0.3 is 0 Å². The number of phenols is 1. The number of piperidine rings is 1. The summed E-state index contributed by atoms with van der Waals surface area (Å²) in [7, 11) is 0. The van der Waals surface area contributed by atoms with Crippen molar-refractivity contribution < 1.29 is 5.11 Å². The first-order chi connectivity index (χ1) is 7.74. The van der Waals surface area contributed by atoms with Crippen LogP contribution in [0.15, 0.2) is 22.7 Å². The molecule has 2 aliphatic rings. The number of phenolic OH excluding ortho intramolecular Hbond substituents is 1. The second kappa shape index (κ2) is 4.04. The molecule has 0 amide bonds. The number of nitrogens with zero attached hydrogens (tertiary/aromatic N) is 1. The molecule has 1 saturated carbocycles. The summed E-state index contributed by atoms with van der Waals surface area (Å²) in [6, 6.07) is 6.66. The van der Waals surface area contributed by atoms with Crippen LogP contribution in [-0.2, 0) is 6.54 Å². The van der Waals surface area contributed by atoms with Gasteiger partial charge in [-0.1, -0.05) is 12.1 Å². The molecule has 16 heavy (non-hydrogen) atoms. The second-order valence-electron chi connectivity index (χ2n) is 5.01. The third-order valence-corrected chi connectivity index (χ3v) is 4.61. The smallest absolute Gasteiger partial charge is 0.134 e. The maximum Gasteiger partial charge on any atom is 0.134 e. The molecule has 1 aliphatic carbocycles. The Balaban J connectivity index is 1.77. The van der Waals surface area contributed by atoms with E-state index in [9.17, 15) is 5.11 Å². The van der Waals surface area contributed by atoms with Gasteiger partial charge in [-0.25, -0.2) is 0 Å². The number of halogens is 1. The van der Waals surface area contributed by atoms with Gasteiger partial charge in [-0.05, 0) is 47.2 Å². The summed E-state index contributed by atoms with van der Waals surface area (Å²) in [5.74, 6) is 1.32. The van der Waals surface area contributed by atoms with E-state index >= 15 is 0 Å². The van der Waals surface area contributed by atoms with Gasteiger partial charge in [0.05, 0.1) is 4.47 Å². The molecule has 0 spiro atoms. The molecule has 2 bridgehead atoms. The molecule has 2 atom stereocenters. The van der Waals surface area contributed by atoms with Crippen molar-refractivity contribution in [2.75, 3.05) is 6.54 Å². The molecule has 1 N–H and O–H groups in total. The van der Waals surface area contributed by atoms with E-state index in [4.69, 9.17) is 0 Å². The van der Waals surface area contributed by atoms with Gasteiger partial charge in [-0.2, -0.15) is 0 Å². The van der Waals surface area contributed by atoms with Crippen LogP contribution in [0.25, 0.3) is 0 Å². The van der Waals surface area contributed by atoms with Crippen molar-refractivity contribution in [2.24, 2.45) is 5.92 Å². The third kappa shape index (κ3) is 1.76. The van der Waals surface area contributed by atoms with Crippen LogP contribution in [-0.4, -0.2) is 22.6 Å². The zero-order chi connectivity index (χ0) is 11.1. The fourth-order valence-corrected chi connectivity index (χ4v) is 3.53. The van der Waals surface area contributed by atoms with E-state index in [0.29, 0.717) is 5.75 Å². The molecule has 1 heterocycles. The van der Waals surface area contributed by atoms with Gasteiger partial charge in [0.2, 0.25) is 0 Å². The Morgan fingerprint density at radius 3 is 2.94 bits per heavy atom. The summed E-state index contributed by atoms with van der Waals surface area (Å²) in [6.45, 7) is 2.11. The van der Waals surface area contributed by atoms with Crippen LogP contribution in [0.3, 0.4) is 0 Å². The van der Waals surface area contributed by atoms with Gasteiger partial charge in [0, 0.05) is 24.7 Å². The van der Waals surface area contributed by atoms with Crippen molar-refractivity contribution in [2.45, 2.75) is 31.8 Å². The number of rotatable bonds is 2. The predicted octanol–water partition coefficient (Wildman–Crippen LogP) is 3.14. The normalized spacial score (nSPS) is 28.8. The molecule has 2 fully saturated rings. The molecular formula is C13H16BrNO. The summed E-state index contributed by atoms with van der Waals surface area (Å²) in [5, 5.41) is 9.95. The van der Waals surface area contributed by atoms with Gasteiger partial charge in [0.15, 0.2) is 0 Å². The van der Waals surface area contributed by atoms with E-state index in [1.165, 1.54) is 25.8 Å². The van der Waals surface area contributed by atoms with Crippen molar-refractivity contribution in [3.63, 3.8) is 0 Å². The van der Waals surface area contributed by atoms with Crippen LogP contribution in [0.1, 0.15) is 24.8 Å². The van der Waals surface area contributed by atoms with Gasteiger partial charge < -0.3 is 5.11 Å². The van der Waals surface area contributed by atoms with E-state index in [2.05, 4.69) is 20.8 Å². The van der Waals surface area contributed by atoms with Crippen LogP contribution in [0.4, 0.5) is 0 Å². The zero-order valence-electron chi connectivity index (χ0n) is 9.19. The molecule has 2 unspecified atom stereocenters. The number of likely N-dealkylation sites (tertiary alicyclic amines) is 1. The second-order valence-corrected chi connectivity index (χ2v) is 5.86. The maximum atomic E-state index is 9.95. The summed E-state index contributed by atoms with van der Waals surface area (Å²) in [6.07, 6.45) is 4.12. The predicted molar refractivity (Wildman–Crippen MR) is 67.3 cm³/mol. The Morgan fingerprint density at radius 2 is 2.25 bits per heavy atom. The maximum absolute atomic E-state index is 9.95. The Labute approximate surface area is 104 Å². The minimum absolute atomic E-state index is 0.408. The monoisotopic (exact) mass is 281 g/mol. The van der Waals surface area contributed by atoms with Gasteiger partial charge in [0.1, 0.15) is 5.75 Å². The number of hydrogen-bond acceptors (Lipinski definition) is 2. The molecule has 1 aromatic rings. The topological polar surface area (TPSA) is 23.5 Å². The van der Waals surface area contributed by atoms with Crippen LogP contribution in [0.2, 0.25) is 0 Å². The quantitative estimate of drug-likeness (QED) is 0.900. The van der Waals surface area contributed by atoms with Crippen LogP contribution < -0.4 is 0 Å². The lowest BCUT2D eigenvalue weighted by atomic mass is 10.1. The Morgan fingerprint density at radius 1 is 1.38 bits per heavy atom. The van der Waals surface area contributed by atoms with Crippen LogP contribution in [0, 0.1) is 5.92 Å². The molecule has 0 radical (unpaired) electrons. The minimum Gasteiger partial charge on any atom is -0.506 e. The number of fused-ring (bicyclic) bond motifs is 2. The van der Waals surface area contributed by atoms with E-state index in [1.54, 1.807) is 0 Å². The minimum atomic E-state index is 0.408. The highest BCUT2D eigenvalue weighted by Crippen LogP contribution is 2.39. The fourth-order valence-electron chi connectivity index (χ4n) is 3.13. The summed E-state index contributed by atoms with van der Waals surface area (Å²) >= 11 is 3.37. The average molecular weight is 282 g/mol. The summed E-state index contributed by atoms with van der Waals surface area (Å²) in [4.78, 5) is 2.52. The number of para-hydroxylation sites is 1. The number of aromatic hydroxyl groups is 1. The van der Waals surface area contributed by atoms with Crippen LogP contribution in [0.5, 0.6) is 5.75 Å². The highest BCUT2D eigenvalue weighted by molar-refractivity contribution is 9.10. The lowest BCUT2D eigenvalue weighted by Gasteiger charge is -2.27. The SMILES string of the molecule is Oc1c(Br)cccc1CN1CC2CCC1C2. The summed E-state index contributed by atoms with van der Waals surface area (Å²) in [5.41, 5.74) is 1.04. The third-order valence-electron chi connectivity index (χ3n) is 3.97. The van der Waals surface area contributed by atoms with Gasteiger partial charge in [-0.15, -0.1) is 0 Å². The van der Waals surface area contributed by atoms with E-state index in [-0.39, 0.29) is 0 Å². The van der Waals surface area contributed by atoms with E-state index < -0.39 is 0 Å². The van der Waals surface area contributed by atoms with Crippen molar-refractivity contribution in [1.82, 2.24) is 4.90 Å². The molecule has 0 aromatic heterocycles. The van der Waals surface area contributed by atoms with Crippen molar-refractivity contribution in [3.05, 3.63) is 28.2 Å². The molecule has 1 saturated heterocycles. The molecular weight excluding hydrogens is 266 g/mol. The lowest BCUT2D eigenvalue weighted by Crippen LogP contribution is -2.31. The number of benzene rings is 1. The first-order valence-electron chi connectivity index (χ1n) is 5.94. The lowest BCUT2D eigenvalue weighted by molar-refractivity contribution is 0.203. The molecule has 1 aliphatic heterocycles. The highest BCUT2D eigenvalue weighted by Gasteiger charge is 2.37. The number of hydrogen-bond donors (Lipinski definition) is 1. The van der Waals surface area contributed by atoms with Crippen LogP contribution >= 0.6 is 15.9 Å². The molecule has 3 rings (SSSR count). The Hall–Kier alpha value is -0.540. The van der Waals surface area contributed by atoms with Crippen molar-refractivity contribution in [1.29, 1.82) is 0 Å². The zero-order valence-corrected chi connectivity index (χ0v) is 10.8. The van der Waals surface area contributed by atoms with E-state index in [1.807, 2.05) is 18.2 Å². The first-order valence-corrected chi connectivity index (χ1v) is 6.74. The molecule has 86 valence electrons. The first kappa shape index (κ1) is 10.6. The fraction of sp³-hybridized carbons (Fsp3) is 0.538.